The number of esters is 1. The number of aliphatic hydroxyl groups is 1. The lowest BCUT2D eigenvalue weighted by Gasteiger charge is -2.26. The maximum Gasteiger partial charge on any atom is 0.459 e. The second-order valence-corrected chi connectivity index (χ2v) is 11.3. The average molecular weight is 551 g/mol. The number of halogens is 1. The van der Waals surface area contributed by atoms with E-state index in [2.05, 4.69) is 20.0 Å². The molecule has 4 N–H and O–H groups in total. The number of nitrogens with two attached hydrogens (primary N) is 1. The van der Waals surface area contributed by atoms with Crippen molar-refractivity contribution in [3.05, 3.63) is 43.0 Å². The van der Waals surface area contributed by atoms with Crippen molar-refractivity contribution in [2.24, 2.45) is 11.8 Å². The predicted octanol–water partition coefficient (Wildman–Crippen LogP) is 3.05. The summed E-state index contributed by atoms with van der Waals surface area (Å²) < 4.78 is 47.3. The van der Waals surface area contributed by atoms with Crippen molar-refractivity contribution in [1.29, 1.82) is 0 Å². The molecule has 7 atom stereocenters. The van der Waals surface area contributed by atoms with Crippen LogP contribution in [0.15, 0.2) is 43.0 Å². The van der Waals surface area contributed by atoms with E-state index in [0.717, 1.165) is 0 Å². The standard InChI is InChI=1S/C24H32FN6O6P/c1-13(2)36-24(33)15(4)30-38(34,37-16-8-6-5-7-9-16)35-10-17-14(3)20(18(25)21(17)32)31-12-29-19-22(26)27-11-28-23(19)31/h5-9,11-15,17-18,20-21,32H,10H2,1-4H3,(H,30,34)(H2,26,27,28)/t14-,15-,17-,18+,20+,21+,38-/m0/s1. The monoisotopic (exact) mass is 550 g/mol. The first-order valence-corrected chi connectivity index (χ1v) is 13.8. The molecule has 2 heterocycles. The maximum absolute atomic E-state index is 15.5. The average Bonchev–Trinajstić information content (AvgIpc) is 3.37. The first-order valence-electron chi connectivity index (χ1n) is 12.2. The van der Waals surface area contributed by atoms with E-state index in [-0.39, 0.29) is 24.3 Å². The third kappa shape index (κ3) is 5.80. The number of nitrogen functional groups attached to an aromatic ring is 1. The Balaban J connectivity index is 1.54. The molecule has 12 nitrogen and oxygen atoms in total. The first kappa shape index (κ1) is 27.9. The number of alkyl halides is 1. The van der Waals surface area contributed by atoms with Gasteiger partial charge in [0.05, 0.1) is 31.2 Å². The number of carbonyl (C=O) groups is 1. The van der Waals surface area contributed by atoms with Gasteiger partial charge < -0.3 is 24.7 Å². The number of hydrogen-bond donors (Lipinski definition) is 3. The summed E-state index contributed by atoms with van der Waals surface area (Å²) in [5, 5.41) is 13.4. The van der Waals surface area contributed by atoms with Gasteiger partial charge in [-0.15, -0.1) is 0 Å². The number of fused-ring (bicyclic) bond motifs is 1. The molecule has 0 unspecified atom stereocenters. The summed E-state index contributed by atoms with van der Waals surface area (Å²) in [5.74, 6) is -1.53. The maximum atomic E-state index is 15.5. The Morgan fingerprint density at radius 1 is 1.24 bits per heavy atom. The van der Waals surface area contributed by atoms with Crippen LogP contribution in [0.1, 0.15) is 33.7 Å². The third-order valence-corrected chi connectivity index (χ3v) is 8.12. The van der Waals surface area contributed by atoms with Gasteiger partial charge in [0, 0.05) is 5.92 Å². The molecule has 38 heavy (non-hydrogen) atoms. The fourth-order valence-corrected chi connectivity index (χ4v) is 6.08. The highest BCUT2D eigenvalue weighted by molar-refractivity contribution is 7.52. The van der Waals surface area contributed by atoms with Crippen LogP contribution in [0.25, 0.3) is 11.2 Å². The van der Waals surface area contributed by atoms with Crippen molar-refractivity contribution in [2.75, 3.05) is 12.3 Å². The SMILES string of the molecule is CC(C)OC(=O)[C@H](C)N[P@](=O)(OC[C@H]1[C@H](C)[C@@H](n2cnc3c(N)ncnc32)[C@@H](F)[C@@H]1O)Oc1ccccc1. The Kier molecular flexibility index (Phi) is 8.31. The summed E-state index contributed by atoms with van der Waals surface area (Å²) in [5.41, 5.74) is 6.53. The third-order valence-electron chi connectivity index (χ3n) is 6.48. The molecule has 1 saturated carbocycles. The minimum Gasteiger partial charge on any atom is -0.462 e. The fraction of sp³-hybridized carbons (Fsp3) is 0.500. The highest BCUT2D eigenvalue weighted by Gasteiger charge is 2.51. The molecule has 0 amide bonds. The molecule has 0 bridgehead atoms. The molecule has 3 aromatic rings. The van der Waals surface area contributed by atoms with Gasteiger partial charge >= 0.3 is 13.7 Å². The number of benzene rings is 1. The van der Waals surface area contributed by atoms with Gasteiger partial charge in [-0.3, -0.25) is 9.32 Å². The van der Waals surface area contributed by atoms with Crippen LogP contribution in [0, 0.1) is 11.8 Å². The number of imidazole rings is 1. The van der Waals surface area contributed by atoms with Crippen LogP contribution < -0.4 is 15.3 Å². The predicted molar refractivity (Wildman–Crippen MR) is 137 cm³/mol. The quantitative estimate of drug-likeness (QED) is 0.251. The van der Waals surface area contributed by atoms with Crippen LogP contribution in [-0.2, 0) is 18.6 Å². The van der Waals surface area contributed by atoms with E-state index in [4.69, 9.17) is 19.5 Å². The lowest BCUT2D eigenvalue weighted by atomic mass is 9.95. The minimum absolute atomic E-state index is 0.158. The van der Waals surface area contributed by atoms with Gasteiger partial charge in [0.25, 0.3) is 0 Å². The lowest BCUT2D eigenvalue weighted by molar-refractivity contribution is -0.149. The smallest absolute Gasteiger partial charge is 0.459 e. The molecule has 1 aliphatic carbocycles. The molecular formula is C24H32FN6O6P. The van der Waals surface area contributed by atoms with Crippen LogP contribution >= 0.6 is 7.75 Å². The molecule has 14 heteroatoms. The Bertz CT molecular complexity index is 1310. The molecule has 0 spiro atoms. The van der Waals surface area contributed by atoms with Crippen LogP contribution in [0.5, 0.6) is 5.75 Å². The summed E-state index contributed by atoms with van der Waals surface area (Å²) in [6.45, 7) is 6.27. The Morgan fingerprint density at radius 2 is 1.95 bits per heavy atom. The number of carbonyl (C=O) groups excluding carboxylic acids is 1. The van der Waals surface area contributed by atoms with E-state index in [0.29, 0.717) is 11.2 Å². The summed E-state index contributed by atoms with van der Waals surface area (Å²) in [7, 11) is -4.19. The highest BCUT2D eigenvalue weighted by Crippen LogP contribution is 2.49. The van der Waals surface area contributed by atoms with Crippen molar-refractivity contribution in [1.82, 2.24) is 24.6 Å². The topological polar surface area (TPSA) is 164 Å². The largest absolute Gasteiger partial charge is 0.462 e. The number of nitrogens with zero attached hydrogens (tertiary/aromatic N) is 4. The van der Waals surface area contributed by atoms with Gasteiger partial charge in [-0.1, -0.05) is 25.1 Å². The van der Waals surface area contributed by atoms with Gasteiger partial charge in [-0.2, -0.15) is 5.09 Å². The summed E-state index contributed by atoms with van der Waals surface area (Å²) >= 11 is 0. The van der Waals surface area contributed by atoms with Crippen LogP contribution in [-0.4, -0.2) is 61.6 Å². The highest BCUT2D eigenvalue weighted by atomic mass is 31.2. The van der Waals surface area contributed by atoms with Gasteiger partial charge in [0.1, 0.15) is 29.8 Å². The summed E-state index contributed by atoms with van der Waals surface area (Å²) in [6.07, 6.45) is -0.856. The van der Waals surface area contributed by atoms with E-state index in [1.54, 1.807) is 51.1 Å². The van der Waals surface area contributed by atoms with Crippen molar-refractivity contribution in [3.63, 3.8) is 0 Å². The molecule has 2 aromatic heterocycles. The number of anilines is 1. The van der Waals surface area contributed by atoms with Crippen LogP contribution in [0.2, 0.25) is 0 Å². The van der Waals surface area contributed by atoms with Crippen LogP contribution in [0.4, 0.5) is 10.2 Å². The Morgan fingerprint density at radius 3 is 2.63 bits per heavy atom. The van der Waals surface area contributed by atoms with Crippen molar-refractivity contribution < 1.29 is 32.6 Å². The summed E-state index contributed by atoms with van der Waals surface area (Å²) in [4.78, 5) is 24.6. The second kappa shape index (κ2) is 11.3. The number of para-hydroxylation sites is 1. The Labute approximate surface area is 219 Å². The van der Waals surface area contributed by atoms with E-state index in [1.807, 2.05) is 0 Å². The molecule has 0 saturated heterocycles. The van der Waals surface area contributed by atoms with Gasteiger partial charge in [0.15, 0.2) is 11.5 Å². The molecule has 1 aliphatic rings. The van der Waals surface area contributed by atoms with E-state index in [9.17, 15) is 14.5 Å². The first-order chi connectivity index (χ1) is 18.0. The molecule has 1 aromatic carbocycles. The zero-order valence-electron chi connectivity index (χ0n) is 21.5. The molecule has 1 fully saturated rings. The zero-order chi connectivity index (χ0) is 27.6. The number of nitrogens with one attached hydrogen (secondary N) is 1. The van der Waals surface area contributed by atoms with Gasteiger partial charge in [0.2, 0.25) is 0 Å². The fourth-order valence-electron chi connectivity index (χ4n) is 4.56. The molecule has 0 aliphatic heterocycles. The van der Waals surface area contributed by atoms with Crippen molar-refractivity contribution in [3.8, 4) is 5.75 Å². The molecular weight excluding hydrogens is 518 g/mol. The molecule has 0 radical (unpaired) electrons. The van der Waals surface area contributed by atoms with Gasteiger partial charge in [-0.25, -0.2) is 23.9 Å². The zero-order valence-corrected chi connectivity index (χ0v) is 22.4. The number of aromatic nitrogens is 4. The number of hydrogen-bond acceptors (Lipinski definition) is 10. The minimum atomic E-state index is -4.19. The second-order valence-electron chi connectivity index (χ2n) is 9.57. The number of rotatable bonds is 10. The number of aliphatic hydroxyl groups excluding tert-OH is 1. The van der Waals surface area contributed by atoms with Crippen molar-refractivity contribution in [2.45, 2.75) is 58.2 Å². The van der Waals surface area contributed by atoms with Crippen LogP contribution in [0.3, 0.4) is 0 Å². The van der Waals surface area contributed by atoms with Crippen molar-refractivity contribution >= 4 is 30.7 Å². The van der Waals surface area contributed by atoms with Gasteiger partial charge in [-0.05, 0) is 38.8 Å². The summed E-state index contributed by atoms with van der Waals surface area (Å²) in [6, 6.07) is 6.39. The molecule has 206 valence electrons. The Hall–Kier alpha value is -3.12. The van der Waals surface area contributed by atoms with E-state index >= 15 is 4.39 Å². The van der Waals surface area contributed by atoms with E-state index < -0.39 is 49.9 Å². The lowest BCUT2D eigenvalue weighted by Crippen LogP contribution is -2.37. The molecule has 4 rings (SSSR count). The number of ether oxygens (including phenoxy) is 1. The van der Waals surface area contributed by atoms with E-state index in [1.165, 1.54) is 24.1 Å². The normalized spacial score (nSPS) is 25.8.